The number of carboxylic acids is 1. The molecule has 2 aromatic heterocycles. The largest absolute Gasteiger partial charge is 0.487 e. The fraction of sp³-hybridized carbons (Fsp3) is 0.133. The van der Waals surface area contributed by atoms with Gasteiger partial charge in [0.25, 0.3) is 0 Å². The van der Waals surface area contributed by atoms with Crippen LogP contribution in [0.15, 0.2) is 36.7 Å². The van der Waals surface area contributed by atoms with Crippen LogP contribution in [0.5, 0.6) is 5.75 Å². The van der Waals surface area contributed by atoms with E-state index < -0.39 is 11.8 Å². The number of nitrogens with zero attached hydrogens (tertiary/aromatic N) is 2. The maximum absolute atomic E-state index is 13.0. The Bertz CT molecular complexity index is 686. The lowest BCUT2D eigenvalue weighted by molar-refractivity contribution is -0.131. The molecule has 2 rings (SSSR count). The Morgan fingerprint density at radius 2 is 2.24 bits per heavy atom. The summed E-state index contributed by atoms with van der Waals surface area (Å²) >= 11 is 0. The number of ether oxygens (including phenoxy) is 1. The zero-order chi connectivity index (χ0) is 15.2. The van der Waals surface area contributed by atoms with E-state index in [9.17, 15) is 9.18 Å². The lowest BCUT2D eigenvalue weighted by atomic mass is 10.2. The molecule has 0 amide bonds. The summed E-state index contributed by atoms with van der Waals surface area (Å²) in [5, 5.41) is 8.67. The molecule has 0 unspecified atom stereocenters. The first-order chi connectivity index (χ1) is 10.0. The second-order valence-electron chi connectivity index (χ2n) is 4.31. The summed E-state index contributed by atoms with van der Waals surface area (Å²) in [6.07, 6.45) is 4.95. The lowest BCUT2D eigenvalue weighted by Crippen LogP contribution is -2.00. The highest BCUT2D eigenvalue weighted by molar-refractivity contribution is 5.85. The average Bonchev–Trinajstić information content (AvgIpc) is 2.44. The van der Waals surface area contributed by atoms with Crippen molar-refractivity contribution in [3.05, 3.63) is 59.4 Å². The van der Waals surface area contributed by atoms with Gasteiger partial charge in [0, 0.05) is 23.5 Å². The number of pyridine rings is 2. The van der Waals surface area contributed by atoms with Gasteiger partial charge in [0.05, 0.1) is 6.20 Å². The maximum Gasteiger partial charge on any atom is 0.328 e. The van der Waals surface area contributed by atoms with Gasteiger partial charge in [0.2, 0.25) is 0 Å². The van der Waals surface area contributed by atoms with Gasteiger partial charge in [-0.25, -0.2) is 14.2 Å². The van der Waals surface area contributed by atoms with Gasteiger partial charge >= 0.3 is 5.97 Å². The Kier molecular flexibility index (Phi) is 4.61. The molecule has 0 spiro atoms. The van der Waals surface area contributed by atoms with Crippen molar-refractivity contribution in [2.24, 2.45) is 0 Å². The predicted molar refractivity (Wildman–Crippen MR) is 74.2 cm³/mol. The molecule has 0 radical (unpaired) electrons. The molecule has 0 aliphatic carbocycles. The van der Waals surface area contributed by atoms with Crippen LogP contribution < -0.4 is 4.74 Å². The van der Waals surface area contributed by atoms with E-state index in [0.717, 1.165) is 18.0 Å². The average molecular weight is 288 g/mol. The molecule has 0 bridgehead atoms. The molecule has 6 heteroatoms. The molecular formula is C15H13FN2O3. The van der Waals surface area contributed by atoms with Gasteiger partial charge in [-0.3, -0.25) is 4.98 Å². The summed E-state index contributed by atoms with van der Waals surface area (Å²) in [5.41, 5.74) is 1.71. The zero-order valence-corrected chi connectivity index (χ0v) is 11.3. The van der Waals surface area contributed by atoms with Crippen LogP contribution in [0.3, 0.4) is 0 Å². The Balaban J connectivity index is 2.17. The quantitative estimate of drug-likeness (QED) is 0.856. The van der Waals surface area contributed by atoms with Crippen LogP contribution in [0.4, 0.5) is 4.39 Å². The van der Waals surface area contributed by atoms with Crippen molar-refractivity contribution in [1.82, 2.24) is 9.97 Å². The van der Waals surface area contributed by atoms with Crippen LogP contribution in [0.1, 0.15) is 17.0 Å². The predicted octanol–water partition coefficient (Wildman–Crippen LogP) is 2.60. The molecule has 0 aromatic carbocycles. The first-order valence-corrected chi connectivity index (χ1v) is 6.15. The Hall–Kier alpha value is -2.76. The van der Waals surface area contributed by atoms with E-state index in [1.165, 1.54) is 18.3 Å². The van der Waals surface area contributed by atoms with Crippen molar-refractivity contribution < 1.29 is 19.0 Å². The minimum absolute atomic E-state index is 0.114. The number of rotatable bonds is 5. The lowest BCUT2D eigenvalue weighted by Gasteiger charge is -2.09. The minimum Gasteiger partial charge on any atom is -0.487 e. The molecule has 1 N–H and O–H groups in total. The van der Waals surface area contributed by atoms with Crippen molar-refractivity contribution in [3.8, 4) is 5.75 Å². The number of carbonyl (C=O) groups is 1. The van der Waals surface area contributed by atoms with Crippen molar-refractivity contribution in [2.75, 3.05) is 0 Å². The molecule has 2 aromatic rings. The number of hydrogen-bond donors (Lipinski definition) is 1. The highest BCUT2D eigenvalue weighted by Gasteiger charge is 2.05. The van der Waals surface area contributed by atoms with Gasteiger partial charge < -0.3 is 9.84 Å². The van der Waals surface area contributed by atoms with Gasteiger partial charge in [0.1, 0.15) is 23.9 Å². The van der Waals surface area contributed by atoms with Crippen molar-refractivity contribution in [1.29, 1.82) is 0 Å². The van der Waals surface area contributed by atoms with Crippen LogP contribution in [-0.4, -0.2) is 21.0 Å². The van der Waals surface area contributed by atoms with E-state index in [1.807, 2.05) is 0 Å². The van der Waals surface area contributed by atoms with Crippen LogP contribution in [0.2, 0.25) is 0 Å². The summed E-state index contributed by atoms with van der Waals surface area (Å²) in [4.78, 5) is 18.5. The molecule has 0 aliphatic heterocycles. The van der Waals surface area contributed by atoms with E-state index in [0.29, 0.717) is 17.0 Å². The summed E-state index contributed by atoms with van der Waals surface area (Å²) in [6.45, 7) is 1.90. The third-order valence-corrected chi connectivity index (χ3v) is 2.56. The second kappa shape index (κ2) is 6.60. The normalized spacial score (nSPS) is 10.8. The van der Waals surface area contributed by atoms with Crippen LogP contribution in [-0.2, 0) is 11.4 Å². The maximum atomic E-state index is 13.0. The topological polar surface area (TPSA) is 72.3 Å². The molecular weight excluding hydrogens is 275 g/mol. The number of carboxylic acid groups (broad SMARTS) is 1. The number of halogens is 1. The van der Waals surface area contributed by atoms with E-state index in [1.54, 1.807) is 19.1 Å². The van der Waals surface area contributed by atoms with Crippen LogP contribution in [0.25, 0.3) is 6.08 Å². The molecule has 0 fully saturated rings. The summed E-state index contributed by atoms with van der Waals surface area (Å²) in [5.74, 6) is -1.09. The Labute approximate surface area is 120 Å². The fourth-order valence-corrected chi connectivity index (χ4v) is 1.65. The van der Waals surface area contributed by atoms with Crippen LogP contribution in [0, 0.1) is 12.7 Å². The third-order valence-electron chi connectivity index (χ3n) is 2.56. The first-order valence-electron chi connectivity index (χ1n) is 6.15. The number of aromatic nitrogens is 2. The highest BCUT2D eigenvalue weighted by Crippen LogP contribution is 2.20. The minimum atomic E-state index is -1.07. The summed E-state index contributed by atoms with van der Waals surface area (Å²) in [6, 6.07) is 4.76. The molecule has 21 heavy (non-hydrogen) atoms. The van der Waals surface area contributed by atoms with Gasteiger partial charge in [0.15, 0.2) is 0 Å². The SMILES string of the molecule is Cc1ccc(OCc2cncc(F)c2)c(/C=C/C(=O)O)n1. The van der Waals surface area contributed by atoms with Crippen molar-refractivity contribution in [2.45, 2.75) is 13.5 Å². The van der Waals surface area contributed by atoms with Gasteiger partial charge in [-0.2, -0.15) is 0 Å². The van der Waals surface area contributed by atoms with Crippen LogP contribution >= 0.6 is 0 Å². The summed E-state index contributed by atoms with van der Waals surface area (Å²) < 4.78 is 18.6. The van der Waals surface area contributed by atoms with E-state index in [-0.39, 0.29) is 6.61 Å². The molecule has 0 saturated heterocycles. The number of hydrogen-bond acceptors (Lipinski definition) is 4. The van der Waals surface area contributed by atoms with Gasteiger partial charge in [-0.1, -0.05) is 0 Å². The Morgan fingerprint density at radius 3 is 2.95 bits per heavy atom. The molecule has 0 aliphatic rings. The first kappa shape index (κ1) is 14.6. The monoisotopic (exact) mass is 288 g/mol. The van der Waals surface area contributed by atoms with E-state index >= 15 is 0 Å². The zero-order valence-electron chi connectivity index (χ0n) is 11.3. The smallest absolute Gasteiger partial charge is 0.328 e. The number of aliphatic carboxylic acids is 1. The van der Waals surface area contributed by atoms with Gasteiger partial charge in [-0.05, 0) is 31.2 Å². The van der Waals surface area contributed by atoms with E-state index in [4.69, 9.17) is 9.84 Å². The molecule has 2 heterocycles. The van der Waals surface area contributed by atoms with E-state index in [2.05, 4.69) is 9.97 Å². The third kappa shape index (κ3) is 4.38. The highest BCUT2D eigenvalue weighted by atomic mass is 19.1. The standard InChI is InChI=1S/C15H13FN2O3/c1-10-2-4-14(13(18-10)3-5-15(19)20)21-9-11-6-12(16)8-17-7-11/h2-8H,9H2,1H3,(H,19,20)/b5-3+. The summed E-state index contributed by atoms with van der Waals surface area (Å²) in [7, 11) is 0. The van der Waals surface area contributed by atoms with Crippen molar-refractivity contribution >= 4 is 12.0 Å². The molecule has 5 nitrogen and oxygen atoms in total. The molecule has 108 valence electrons. The fourth-order valence-electron chi connectivity index (χ4n) is 1.65. The van der Waals surface area contributed by atoms with Crippen molar-refractivity contribution in [3.63, 3.8) is 0 Å². The molecule has 0 saturated carbocycles. The van der Waals surface area contributed by atoms with Gasteiger partial charge in [-0.15, -0.1) is 0 Å². The number of aryl methyl sites for hydroxylation is 1. The Morgan fingerprint density at radius 1 is 1.43 bits per heavy atom. The second-order valence-corrected chi connectivity index (χ2v) is 4.31. The molecule has 0 atom stereocenters.